The lowest BCUT2D eigenvalue weighted by Crippen LogP contribution is -2.48. The maximum Gasteiger partial charge on any atom is 0.290 e. The zero-order valence-corrected chi connectivity index (χ0v) is 26.2. The number of para-hydroxylation sites is 1. The lowest BCUT2D eigenvalue weighted by atomic mass is 9.91. The van der Waals surface area contributed by atoms with Crippen LogP contribution in [-0.2, 0) is 22.4 Å². The Morgan fingerprint density at radius 3 is 2.48 bits per heavy atom. The number of benzene rings is 2. The molecule has 12 heteroatoms. The molecule has 6 heterocycles. The number of H-pyrrole nitrogens is 1. The fraction of sp³-hybridized carbons (Fsp3) is 0.471. The van der Waals surface area contributed by atoms with Crippen LogP contribution >= 0.6 is 0 Å². The van der Waals surface area contributed by atoms with E-state index < -0.39 is 0 Å². The first-order chi connectivity index (χ1) is 22.7. The summed E-state index contributed by atoms with van der Waals surface area (Å²) in [6.07, 6.45) is 4.79. The number of nitrogens with zero attached hydrogens (tertiary/aromatic N) is 7. The fourth-order valence-corrected chi connectivity index (χ4v) is 7.26. The molecule has 12 nitrogen and oxygen atoms in total. The highest BCUT2D eigenvalue weighted by Crippen LogP contribution is 2.41. The number of anilines is 2. The Morgan fingerprint density at radius 2 is 1.65 bits per heavy atom. The molecule has 4 aliphatic rings. The van der Waals surface area contributed by atoms with Crippen molar-refractivity contribution in [2.45, 2.75) is 25.3 Å². The molecule has 2 saturated heterocycles. The zero-order chi connectivity index (χ0) is 31.3. The molecule has 46 heavy (non-hydrogen) atoms. The molecule has 4 aliphatic heterocycles. The molecule has 2 fully saturated rings. The summed E-state index contributed by atoms with van der Waals surface area (Å²) in [7, 11) is 0. The van der Waals surface area contributed by atoms with Crippen LogP contribution in [0.5, 0.6) is 5.75 Å². The number of nitrogens with one attached hydrogen (secondary N) is 1. The van der Waals surface area contributed by atoms with Gasteiger partial charge in [0.15, 0.2) is 0 Å². The van der Waals surface area contributed by atoms with Crippen molar-refractivity contribution in [1.82, 2.24) is 29.7 Å². The average Bonchev–Trinajstić information content (AvgIpc) is 3.73. The first-order valence-electron chi connectivity index (χ1n) is 16.4. The molecule has 1 atom stereocenters. The summed E-state index contributed by atoms with van der Waals surface area (Å²) in [4.78, 5) is 36.4. The van der Waals surface area contributed by atoms with Gasteiger partial charge in [0, 0.05) is 68.8 Å². The summed E-state index contributed by atoms with van der Waals surface area (Å²) in [5.74, 6) is 2.52. The number of fused-ring (bicyclic) bond motifs is 4. The minimum Gasteiger partial charge on any atom is -0.493 e. The van der Waals surface area contributed by atoms with Crippen LogP contribution in [0.25, 0.3) is 10.9 Å². The topological polar surface area (TPSA) is 123 Å². The van der Waals surface area contributed by atoms with Crippen LogP contribution in [0.3, 0.4) is 0 Å². The standard InChI is InChI=1S/C33H40N8O2.CH2O2/c1-2-5-28-26(4-1)27-8-12-41(31(30(27)36-28)25-6-7-29-24(22-25)9-19-43-29)33-35-23-34-32(37-33)40-15-13-38(14-16-40)10-3-11-39-17-20-42-21-18-39;2-1-3/h1-2,4-7,22-23,31,36H,3,8-21H2;1H,(H,2,3). The minimum absolute atomic E-state index is 0.0133. The van der Waals surface area contributed by atoms with Gasteiger partial charge in [-0.1, -0.05) is 24.3 Å². The number of morpholine rings is 1. The van der Waals surface area contributed by atoms with E-state index >= 15 is 0 Å². The molecule has 2 aromatic carbocycles. The van der Waals surface area contributed by atoms with Crippen molar-refractivity contribution in [3.05, 3.63) is 71.2 Å². The van der Waals surface area contributed by atoms with Crippen molar-refractivity contribution in [1.29, 1.82) is 0 Å². The number of ether oxygens (including phenoxy) is 2. The molecule has 0 bridgehead atoms. The van der Waals surface area contributed by atoms with Gasteiger partial charge in [-0.15, -0.1) is 0 Å². The molecule has 4 aromatic rings. The predicted molar refractivity (Wildman–Crippen MR) is 176 cm³/mol. The number of aromatic nitrogens is 4. The summed E-state index contributed by atoms with van der Waals surface area (Å²) in [5, 5.41) is 8.20. The fourth-order valence-electron chi connectivity index (χ4n) is 7.26. The number of rotatable bonds is 7. The van der Waals surface area contributed by atoms with Crippen molar-refractivity contribution in [3.8, 4) is 5.75 Å². The molecule has 1 unspecified atom stereocenters. The van der Waals surface area contributed by atoms with Crippen LogP contribution < -0.4 is 14.5 Å². The molecule has 0 aliphatic carbocycles. The van der Waals surface area contributed by atoms with Crippen LogP contribution in [0.15, 0.2) is 48.8 Å². The highest BCUT2D eigenvalue weighted by molar-refractivity contribution is 5.86. The van der Waals surface area contributed by atoms with Crippen molar-refractivity contribution >= 4 is 29.3 Å². The van der Waals surface area contributed by atoms with Crippen LogP contribution in [-0.4, -0.2) is 120 Å². The third-order valence-corrected chi connectivity index (χ3v) is 9.57. The third kappa shape index (κ3) is 6.37. The van der Waals surface area contributed by atoms with Gasteiger partial charge in [-0.3, -0.25) is 14.6 Å². The van der Waals surface area contributed by atoms with Crippen molar-refractivity contribution < 1.29 is 19.4 Å². The molecule has 8 rings (SSSR count). The maximum absolute atomic E-state index is 8.36. The van der Waals surface area contributed by atoms with Crippen molar-refractivity contribution in [2.75, 3.05) is 88.5 Å². The van der Waals surface area contributed by atoms with Gasteiger partial charge in [0.2, 0.25) is 11.9 Å². The van der Waals surface area contributed by atoms with Crippen LogP contribution in [0.2, 0.25) is 0 Å². The highest BCUT2D eigenvalue weighted by Gasteiger charge is 2.34. The van der Waals surface area contributed by atoms with E-state index in [1.165, 1.54) is 39.7 Å². The normalized spacial score (nSPS) is 20.0. The molecule has 0 radical (unpaired) electrons. The maximum atomic E-state index is 8.36. The number of hydrogen-bond donors (Lipinski definition) is 2. The zero-order valence-electron chi connectivity index (χ0n) is 26.2. The lowest BCUT2D eigenvalue weighted by Gasteiger charge is -2.37. The number of hydrogen-bond acceptors (Lipinski definition) is 10. The predicted octanol–water partition coefficient (Wildman–Crippen LogP) is 2.99. The Balaban J connectivity index is 0.00000109. The monoisotopic (exact) mass is 626 g/mol. The largest absolute Gasteiger partial charge is 0.493 e. The molecule has 0 saturated carbocycles. The second-order valence-electron chi connectivity index (χ2n) is 12.2. The summed E-state index contributed by atoms with van der Waals surface area (Å²) in [6.45, 7) is 11.4. The molecule has 2 aromatic heterocycles. The van der Waals surface area contributed by atoms with E-state index in [1.54, 1.807) is 6.33 Å². The SMILES string of the molecule is O=CO.c1ccc2c3c([nH]c2c1)C(c1ccc2c(c1)CCO2)N(c1ncnc(N2CCN(CCCN4CCOCC4)CC2)n1)CC3. The van der Waals surface area contributed by atoms with Gasteiger partial charge in [-0.25, -0.2) is 9.97 Å². The average molecular weight is 627 g/mol. The van der Waals surface area contributed by atoms with Gasteiger partial charge in [0.25, 0.3) is 6.47 Å². The molecule has 242 valence electrons. The first kappa shape index (κ1) is 30.4. The van der Waals surface area contributed by atoms with Gasteiger partial charge in [0.1, 0.15) is 12.1 Å². The van der Waals surface area contributed by atoms with E-state index in [4.69, 9.17) is 29.3 Å². The third-order valence-electron chi connectivity index (χ3n) is 9.57. The van der Waals surface area contributed by atoms with Crippen molar-refractivity contribution in [3.63, 3.8) is 0 Å². The van der Waals surface area contributed by atoms with Crippen LogP contribution in [0.4, 0.5) is 11.9 Å². The van der Waals surface area contributed by atoms with E-state index in [2.05, 4.69) is 72.0 Å². The Bertz CT molecular complexity index is 1630. The highest BCUT2D eigenvalue weighted by atomic mass is 16.5. The second-order valence-corrected chi connectivity index (χ2v) is 12.2. The molecule has 0 amide bonds. The number of aromatic amines is 1. The van der Waals surface area contributed by atoms with Gasteiger partial charge >= 0.3 is 0 Å². The molecule has 0 spiro atoms. The summed E-state index contributed by atoms with van der Waals surface area (Å²) in [5.41, 5.74) is 6.33. The first-order valence-corrected chi connectivity index (χ1v) is 16.4. The van der Waals surface area contributed by atoms with E-state index in [0.29, 0.717) is 0 Å². The Kier molecular flexibility index (Phi) is 9.27. The van der Waals surface area contributed by atoms with Gasteiger partial charge < -0.3 is 29.4 Å². The minimum atomic E-state index is -0.250. The summed E-state index contributed by atoms with van der Waals surface area (Å²) < 4.78 is 11.3. The van der Waals surface area contributed by atoms with E-state index in [9.17, 15) is 0 Å². The van der Waals surface area contributed by atoms with Crippen LogP contribution in [0, 0.1) is 0 Å². The van der Waals surface area contributed by atoms with Crippen molar-refractivity contribution in [2.24, 2.45) is 0 Å². The number of carbonyl (C=O) groups is 1. The van der Waals surface area contributed by atoms with Gasteiger partial charge in [0.05, 0.1) is 25.9 Å². The Labute approximate surface area is 269 Å². The van der Waals surface area contributed by atoms with E-state index in [-0.39, 0.29) is 12.5 Å². The number of carboxylic acid groups (broad SMARTS) is 1. The quantitative estimate of drug-likeness (QED) is 0.295. The Morgan fingerprint density at radius 1 is 0.891 bits per heavy atom. The summed E-state index contributed by atoms with van der Waals surface area (Å²) >= 11 is 0. The summed E-state index contributed by atoms with van der Waals surface area (Å²) in [6, 6.07) is 15.3. The molecular formula is C34H42N8O4. The Hall–Kier alpha value is -4.26. The molecular weight excluding hydrogens is 584 g/mol. The van der Waals surface area contributed by atoms with Crippen LogP contribution in [0.1, 0.15) is 34.8 Å². The van der Waals surface area contributed by atoms with Gasteiger partial charge in [-0.05, 0) is 60.8 Å². The number of piperazine rings is 1. The molecule has 2 N–H and O–H groups in total. The van der Waals surface area contributed by atoms with Gasteiger partial charge in [-0.2, -0.15) is 4.98 Å². The lowest BCUT2D eigenvalue weighted by molar-refractivity contribution is -0.122. The van der Waals surface area contributed by atoms with E-state index in [1.807, 2.05) is 0 Å². The smallest absolute Gasteiger partial charge is 0.290 e. The van der Waals surface area contributed by atoms with E-state index in [0.717, 1.165) is 109 Å². The second kappa shape index (κ2) is 14.0.